The first kappa shape index (κ1) is 13.8. The highest BCUT2D eigenvalue weighted by Crippen LogP contribution is 2.33. The summed E-state index contributed by atoms with van der Waals surface area (Å²) in [7, 11) is 0. The van der Waals surface area contributed by atoms with Gasteiger partial charge in [-0.1, -0.05) is 0 Å². The molecule has 0 amide bonds. The van der Waals surface area contributed by atoms with E-state index in [0.29, 0.717) is 11.3 Å². The predicted molar refractivity (Wildman–Crippen MR) is 75.1 cm³/mol. The standard InChI is InChI=1S/C15H28N2O2/c1-12(18)13-4-6-17(8-13)10-15(5-7-19-11-15)9-16-14-2-3-14/h12-14,16,18H,2-11H2,1H3. The van der Waals surface area contributed by atoms with Gasteiger partial charge >= 0.3 is 0 Å². The minimum Gasteiger partial charge on any atom is -0.393 e. The molecule has 2 heterocycles. The van der Waals surface area contributed by atoms with Crippen LogP contribution < -0.4 is 5.32 Å². The van der Waals surface area contributed by atoms with Gasteiger partial charge < -0.3 is 20.1 Å². The lowest BCUT2D eigenvalue weighted by molar-refractivity contribution is 0.102. The number of nitrogens with zero attached hydrogens (tertiary/aromatic N) is 1. The summed E-state index contributed by atoms with van der Waals surface area (Å²) < 4.78 is 5.68. The van der Waals surface area contributed by atoms with Crippen molar-refractivity contribution in [3.8, 4) is 0 Å². The molecule has 4 nitrogen and oxygen atoms in total. The Morgan fingerprint density at radius 2 is 2.26 bits per heavy atom. The number of ether oxygens (including phenoxy) is 1. The van der Waals surface area contributed by atoms with Crippen molar-refractivity contribution >= 4 is 0 Å². The SMILES string of the molecule is CC(O)C1CCN(CC2(CNC3CC3)CCOC2)C1. The van der Waals surface area contributed by atoms with E-state index in [1.54, 1.807) is 0 Å². The third-order valence-corrected chi connectivity index (χ3v) is 5.08. The van der Waals surface area contributed by atoms with Crippen LogP contribution in [0, 0.1) is 11.3 Å². The van der Waals surface area contributed by atoms with Crippen LogP contribution >= 0.6 is 0 Å². The van der Waals surface area contributed by atoms with E-state index in [1.807, 2.05) is 6.92 Å². The van der Waals surface area contributed by atoms with Gasteiger partial charge in [0.2, 0.25) is 0 Å². The molecule has 2 aliphatic heterocycles. The molecule has 2 saturated heterocycles. The molecule has 3 atom stereocenters. The van der Waals surface area contributed by atoms with Crippen molar-refractivity contribution in [2.45, 2.75) is 44.8 Å². The molecular formula is C15H28N2O2. The van der Waals surface area contributed by atoms with Crippen LogP contribution in [-0.4, -0.2) is 61.5 Å². The Bertz CT molecular complexity index is 299. The lowest BCUT2D eigenvalue weighted by atomic mass is 9.86. The minimum atomic E-state index is -0.162. The van der Waals surface area contributed by atoms with E-state index in [-0.39, 0.29) is 6.10 Å². The van der Waals surface area contributed by atoms with E-state index in [0.717, 1.165) is 51.9 Å². The number of aliphatic hydroxyl groups is 1. The molecule has 0 radical (unpaired) electrons. The van der Waals surface area contributed by atoms with Crippen LogP contribution in [0.5, 0.6) is 0 Å². The third-order valence-electron chi connectivity index (χ3n) is 5.08. The number of hydrogen-bond donors (Lipinski definition) is 2. The molecule has 1 aliphatic carbocycles. The maximum Gasteiger partial charge on any atom is 0.0552 e. The number of nitrogens with one attached hydrogen (secondary N) is 1. The molecular weight excluding hydrogens is 240 g/mol. The molecule has 0 spiro atoms. The fourth-order valence-electron chi connectivity index (χ4n) is 3.49. The van der Waals surface area contributed by atoms with Gasteiger partial charge in [-0.05, 0) is 45.1 Å². The zero-order valence-electron chi connectivity index (χ0n) is 12.1. The Morgan fingerprint density at radius 1 is 1.42 bits per heavy atom. The summed E-state index contributed by atoms with van der Waals surface area (Å²) in [4.78, 5) is 2.54. The van der Waals surface area contributed by atoms with Crippen LogP contribution in [0.4, 0.5) is 0 Å². The van der Waals surface area contributed by atoms with Gasteiger partial charge in [0.1, 0.15) is 0 Å². The largest absolute Gasteiger partial charge is 0.393 e. The molecule has 0 aromatic rings. The summed E-state index contributed by atoms with van der Waals surface area (Å²) >= 11 is 0. The van der Waals surface area contributed by atoms with Crippen molar-refractivity contribution in [3.63, 3.8) is 0 Å². The Morgan fingerprint density at radius 3 is 2.84 bits per heavy atom. The molecule has 4 heteroatoms. The fraction of sp³-hybridized carbons (Fsp3) is 1.00. The number of aliphatic hydroxyl groups excluding tert-OH is 1. The maximum absolute atomic E-state index is 9.72. The second-order valence-corrected chi connectivity index (χ2v) is 6.98. The van der Waals surface area contributed by atoms with Gasteiger partial charge in [0.25, 0.3) is 0 Å². The van der Waals surface area contributed by atoms with Gasteiger partial charge in [-0.15, -0.1) is 0 Å². The summed E-state index contributed by atoms with van der Waals surface area (Å²) in [5, 5.41) is 13.4. The molecule has 19 heavy (non-hydrogen) atoms. The Kier molecular flexibility index (Phi) is 4.13. The maximum atomic E-state index is 9.72. The van der Waals surface area contributed by atoms with E-state index in [1.165, 1.54) is 19.3 Å². The Labute approximate surface area is 116 Å². The van der Waals surface area contributed by atoms with Crippen LogP contribution in [0.1, 0.15) is 32.6 Å². The van der Waals surface area contributed by atoms with E-state index < -0.39 is 0 Å². The van der Waals surface area contributed by atoms with Crippen molar-refractivity contribution in [2.75, 3.05) is 39.4 Å². The normalized spacial score (nSPS) is 37.9. The smallest absolute Gasteiger partial charge is 0.0552 e. The predicted octanol–water partition coefficient (Wildman–Crippen LogP) is 0.848. The highest BCUT2D eigenvalue weighted by molar-refractivity contribution is 4.93. The number of hydrogen-bond acceptors (Lipinski definition) is 4. The van der Waals surface area contributed by atoms with E-state index in [2.05, 4.69) is 10.2 Å². The van der Waals surface area contributed by atoms with Crippen molar-refractivity contribution in [1.29, 1.82) is 0 Å². The monoisotopic (exact) mass is 268 g/mol. The molecule has 0 aromatic heterocycles. The molecule has 3 aliphatic rings. The average molecular weight is 268 g/mol. The van der Waals surface area contributed by atoms with Gasteiger partial charge in [0.15, 0.2) is 0 Å². The van der Waals surface area contributed by atoms with Crippen molar-refractivity contribution < 1.29 is 9.84 Å². The van der Waals surface area contributed by atoms with E-state index in [9.17, 15) is 5.11 Å². The van der Waals surface area contributed by atoms with Crippen molar-refractivity contribution in [3.05, 3.63) is 0 Å². The van der Waals surface area contributed by atoms with Gasteiger partial charge in [0.05, 0.1) is 12.7 Å². The van der Waals surface area contributed by atoms with Crippen LogP contribution in [0.15, 0.2) is 0 Å². The molecule has 0 bridgehead atoms. The first-order chi connectivity index (χ1) is 9.17. The van der Waals surface area contributed by atoms with Crippen LogP contribution in [0.25, 0.3) is 0 Å². The first-order valence-electron chi connectivity index (χ1n) is 7.88. The van der Waals surface area contributed by atoms with Crippen molar-refractivity contribution in [2.24, 2.45) is 11.3 Å². The molecule has 1 saturated carbocycles. The van der Waals surface area contributed by atoms with Crippen LogP contribution in [0.2, 0.25) is 0 Å². The Hall–Kier alpha value is -0.160. The summed E-state index contributed by atoms with van der Waals surface area (Å²) in [6, 6.07) is 0.779. The highest BCUT2D eigenvalue weighted by atomic mass is 16.5. The number of rotatable bonds is 6. The number of likely N-dealkylation sites (tertiary alicyclic amines) is 1. The summed E-state index contributed by atoms with van der Waals surface area (Å²) in [5.74, 6) is 0.468. The van der Waals surface area contributed by atoms with Gasteiger partial charge in [-0.25, -0.2) is 0 Å². The molecule has 3 unspecified atom stereocenters. The average Bonchev–Trinajstić information content (AvgIpc) is 2.91. The summed E-state index contributed by atoms with van der Waals surface area (Å²) in [5.41, 5.74) is 0.316. The van der Waals surface area contributed by atoms with E-state index in [4.69, 9.17) is 4.74 Å². The zero-order chi connectivity index (χ0) is 13.3. The quantitative estimate of drug-likeness (QED) is 0.749. The molecule has 0 aromatic carbocycles. The summed E-state index contributed by atoms with van der Waals surface area (Å²) in [6.07, 6.45) is 4.87. The second kappa shape index (κ2) is 5.68. The van der Waals surface area contributed by atoms with Gasteiger partial charge in [-0.2, -0.15) is 0 Å². The fourth-order valence-corrected chi connectivity index (χ4v) is 3.49. The van der Waals surface area contributed by atoms with Gasteiger partial charge in [0, 0.05) is 37.7 Å². The molecule has 2 N–H and O–H groups in total. The lowest BCUT2D eigenvalue weighted by Crippen LogP contribution is -2.45. The molecule has 110 valence electrons. The highest BCUT2D eigenvalue weighted by Gasteiger charge is 2.39. The van der Waals surface area contributed by atoms with Gasteiger partial charge in [-0.3, -0.25) is 0 Å². The summed E-state index contributed by atoms with van der Waals surface area (Å²) in [6.45, 7) is 8.19. The van der Waals surface area contributed by atoms with Crippen molar-refractivity contribution in [1.82, 2.24) is 10.2 Å². The van der Waals surface area contributed by atoms with Crippen LogP contribution in [-0.2, 0) is 4.74 Å². The second-order valence-electron chi connectivity index (χ2n) is 6.98. The third kappa shape index (κ3) is 3.48. The van der Waals surface area contributed by atoms with Crippen LogP contribution in [0.3, 0.4) is 0 Å². The van der Waals surface area contributed by atoms with E-state index >= 15 is 0 Å². The first-order valence-corrected chi connectivity index (χ1v) is 7.88. The minimum absolute atomic E-state index is 0.162. The molecule has 3 fully saturated rings. The lowest BCUT2D eigenvalue weighted by Gasteiger charge is -2.33. The molecule has 3 rings (SSSR count). The Balaban J connectivity index is 1.52. The topological polar surface area (TPSA) is 44.7 Å². The zero-order valence-corrected chi connectivity index (χ0v) is 12.1.